The number of esters is 1. The summed E-state index contributed by atoms with van der Waals surface area (Å²) in [5, 5.41) is 2.62. The average Bonchev–Trinajstić information content (AvgIpc) is 2.67. The molecule has 0 fully saturated rings. The van der Waals surface area contributed by atoms with E-state index >= 15 is 0 Å². The Labute approximate surface area is 170 Å². The Morgan fingerprint density at radius 2 is 1.69 bits per heavy atom. The Bertz CT molecular complexity index is 1030. The molecule has 1 N–H and O–H groups in total. The van der Waals surface area contributed by atoms with Gasteiger partial charge < -0.3 is 14.8 Å². The summed E-state index contributed by atoms with van der Waals surface area (Å²) in [4.78, 5) is 24.0. The van der Waals surface area contributed by atoms with Gasteiger partial charge in [-0.1, -0.05) is 12.1 Å². The monoisotopic (exact) mass is 420 g/mol. The van der Waals surface area contributed by atoms with Crippen molar-refractivity contribution in [1.29, 1.82) is 0 Å². The van der Waals surface area contributed by atoms with Gasteiger partial charge in [-0.05, 0) is 49.2 Å². The second-order valence-electron chi connectivity index (χ2n) is 6.58. The van der Waals surface area contributed by atoms with Crippen LogP contribution in [0.25, 0.3) is 0 Å². The Balaban J connectivity index is 2.12. The second kappa shape index (κ2) is 9.06. The van der Waals surface area contributed by atoms with Gasteiger partial charge in [0.05, 0.1) is 17.6 Å². The van der Waals surface area contributed by atoms with Gasteiger partial charge in [0, 0.05) is 19.8 Å². The SMILES string of the molecule is COC(=O)c1ccc(C)c(OCC(=O)Nc2ccc(C)c(S(=O)(=O)N(C)C)c2)c1. The van der Waals surface area contributed by atoms with E-state index in [2.05, 4.69) is 10.1 Å². The third-order valence-electron chi connectivity index (χ3n) is 4.20. The van der Waals surface area contributed by atoms with Crippen LogP contribution >= 0.6 is 0 Å². The highest BCUT2D eigenvalue weighted by Crippen LogP contribution is 2.23. The molecule has 2 aromatic rings. The van der Waals surface area contributed by atoms with Crippen LogP contribution in [-0.4, -0.2) is 52.4 Å². The summed E-state index contributed by atoms with van der Waals surface area (Å²) in [6.45, 7) is 3.16. The standard InChI is InChI=1S/C20H24N2O6S/c1-13-6-8-15(20(24)27-5)10-17(13)28-12-19(23)21-16-9-7-14(2)18(11-16)29(25,26)22(3)4/h6-11H,12H2,1-5H3,(H,21,23). The third kappa shape index (κ3) is 5.33. The van der Waals surface area contributed by atoms with Gasteiger partial charge in [0.15, 0.2) is 6.61 Å². The van der Waals surface area contributed by atoms with Gasteiger partial charge in [-0.25, -0.2) is 17.5 Å². The van der Waals surface area contributed by atoms with E-state index in [-0.39, 0.29) is 11.5 Å². The summed E-state index contributed by atoms with van der Waals surface area (Å²) < 4.78 is 36.1. The molecular weight excluding hydrogens is 396 g/mol. The molecule has 0 aromatic heterocycles. The van der Waals surface area contributed by atoms with E-state index < -0.39 is 21.9 Å². The van der Waals surface area contributed by atoms with Crippen LogP contribution in [0, 0.1) is 13.8 Å². The third-order valence-corrected chi connectivity index (χ3v) is 6.16. The fourth-order valence-electron chi connectivity index (χ4n) is 2.49. The number of hydrogen-bond donors (Lipinski definition) is 1. The van der Waals surface area contributed by atoms with Gasteiger partial charge in [0.25, 0.3) is 5.91 Å². The minimum atomic E-state index is -3.64. The van der Waals surface area contributed by atoms with Gasteiger partial charge in [0.2, 0.25) is 10.0 Å². The summed E-state index contributed by atoms with van der Waals surface area (Å²) in [5.41, 5.74) is 1.97. The normalized spacial score (nSPS) is 11.2. The molecule has 9 heteroatoms. The predicted octanol–water partition coefficient (Wildman–Crippen LogP) is 2.36. The lowest BCUT2D eigenvalue weighted by Gasteiger charge is -2.15. The van der Waals surface area contributed by atoms with E-state index in [1.54, 1.807) is 38.1 Å². The fraction of sp³-hybridized carbons (Fsp3) is 0.300. The van der Waals surface area contributed by atoms with Crippen LogP contribution < -0.4 is 10.1 Å². The highest BCUT2D eigenvalue weighted by Gasteiger charge is 2.20. The maximum Gasteiger partial charge on any atom is 0.337 e. The van der Waals surface area contributed by atoms with Crippen molar-refractivity contribution in [3.8, 4) is 5.75 Å². The molecule has 0 saturated heterocycles. The molecule has 0 unspecified atom stereocenters. The number of carbonyl (C=O) groups is 2. The van der Waals surface area contributed by atoms with Gasteiger partial charge in [-0.2, -0.15) is 0 Å². The van der Waals surface area contributed by atoms with Crippen LogP contribution in [0.4, 0.5) is 5.69 Å². The van der Waals surface area contributed by atoms with E-state index in [0.717, 1.165) is 9.87 Å². The molecule has 0 aliphatic rings. The van der Waals surface area contributed by atoms with Crippen molar-refractivity contribution >= 4 is 27.6 Å². The van der Waals surface area contributed by atoms with Crippen molar-refractivity contribution in [3.63, 3.8) is 0 Å². The number of nitrogens with one attached hydrogen (secondary N) is 1. The molecule has 29 heavy (non-hydrogen) atoms. The summed E-state index contributed by atoms with van der Waals surface area (Å²) in [5.74, 6) is -0.596. The predicted molar refractivity (Wildman–Crippen MR) is 109 cm³/mol. The number of aryl methyl sites for hydroxylation is 2. The zero-order valence-electron chi connectivity index (χ0n) is 17.0. The van der Waals surface area contributed by atoms with Crippen molar-refractivity contribution in [2.45, 2.75) is 18.7 Å². The van der Waals surface area contributed by atoms with E-state index in [9.17, 15) is 18.0 Å². The molecule has 0 spiro atoms. The lowest BCUT2D eigenvalue weighted by atomic mass is 10.1. The summed E-state index contributed by atoms with van der Waals surface area (Å²) >= 11 is 0. The minimum absolute atomic E-state index is 0.114. The summed E-state index contributed by atoms with van der Waals surface area (Å²) in [6.07, 6.45) is 0. The molecule has 0 radical (unpaired) electrons. The molecule has 8 nitrogen and oxygen atoms in total. The van der Waals surface area contributed by atoms with Crippen molar-refractivity contribution in [1.82, 2.24) is 4.31 Å². The highest BCUT2D eigenvalue weighted by atomic mass is 32.2. The summed E-state index contributed by atoms with van der Waals surface area (Å²) in [6, 6.07) is 9.45. The number of methoxy groups -OCH3 is 1. The van der Waals surface area contributed by atoms with Crippen LogP contribution in [0.5, 0.6) is 5.75 Å². The largest absolute Gasteiger partial charge is 0.483 e. The van der Waals surface area contributed by atoms with Crippen LogP contribution in [0.15, 0.2) is 41.3 Å². The number of nitrogens with zero attached hydrogens (tertiary/aromatic N) is 1. The van der Waals surface area contributed by atoms with Gasteiger partial charge in [-0.15, -0.1) is 0 Å². The lowest BCUT2D eigenvalue weighted by molar-refractivity contribution is -0.118. The van der Waals surface area contributed by atoms with Crippen molar-refractivity contribution in [2.24, 2.45) is 0 Å². The zero-order valence-corrected chi connectivity index (χ0v) is 17.8. The minimum Gasteiger partial charge on any atom is -0.483 e. The molecule has 2 aromatic carbocycles. The first kappa shape index (κ1) is 22.4. The van der Waals surface area contributed by atoms with Gasteiger partial charge >= 0.3 is 5.97 Å². The number of benzene rings is 2. The van der Waals surface area contributed by atoms with Crippen molar-refractivity contribution in [2.75, 3.05) is 33.1 Å². The fourth-order valence-corrected chi connectivity index (χ4v) is 3.64. The van der Waals surface area contributed by atoms with Crippen LogP contribution in [0.2, 0.25) is 0 Å². The number of carbonyl (C=O) groups excluding carboxylic acids is 2. The summed E-state index contributed by atoms with van der Waals surface area (Å²) in [7, 11) is 0.531. The number of sulfonamides is 1. The maximum absolute atomic E-state index is 12.4. The Morgan fingerprint density at radius 1 is 1.03 bits per heavy atom. The first-order chi connectivity index (χ1) is 13.6. The molecule has 0 heterocycles. The molecule has 1 amide bonds. The van der Waals surface area contributed by atoms with Gasteiger partial charge in [0.1, 0.15) is 5.75 Å². The van der Waals surface area contributed by atoms with Crippen LogP contribution in [-0.2, 0) is 19.6 Å². The van der Waals surface area contributed by atoms with E-state index in [4.69, 9.17) is 4.74 Å². The first-order valence-electron chi connectivity index (χ1n) is 8.71. The number of rotatable bonds is 7. The van der Waals surface area contributed by atoms with Crippen molar-refractivity contribution in [3.05, 3.63) is 53.1 Å². The Hall–Kier alpha value is -2.91. The van der Waals surface area contributed by atoms with E-state index in [0.29, 0.717) is 22.6 Å². The molecule has 156 valence electrons. The average molecular weight is 420 g/mol. The molecule has 2 rings (SSSR count). The molecular formula is C20H24N2O6S. The molecule has 0 aliphatic carbocycles. The Morgan fingerprint density at radius 3 is 2.31 bits per heavy atom. The quantitative estimate of drug-likeness (QED) is 0.690. The Kier molecular flexibility index (Phi) is 6.99. The topological polar surface area (TPSA) is 102 Å². The highest BCUT2D eigenvalue weighted by molar-refractivity contribution is 7.89. The zero-order chi connectivity index (χ0) is 21.8. The second-order valence-corrected chi connectivity index (χ2v) is 8.70. The van der Waals surface area contributed by atoms with Crippen molar-refractivity contribution < 1.29 is 27.5 Å². The molecule has 0 aliphatic heterocycles. The van der Waals surface area contributed by atoms with E-state index in [1.165, 1.54) is 33.3 Å². The maximum atomic E-state index is 12.4. The lowest BCUT2D eigenvalue weighted by Crippen LogP contribution is -2.24. The molecule has 0 atom stereocenters. The number of ether oxygens (including phenoxy) is 2. The van der Waals surface area contributed by atoms with Crippen LogP contribution in [0.1, 0.15) is 21.5 Å². The smallest absolute Gasteiger partial charge is 0.337 e. The number of hydrogen-bond acceptors (Lipinski definition) is 6. The number of anilines is 1. The first-order valence-corrected chi connectivity index (χ1v) is 10.1. The van der Waals surface area contributed by atoms with E-state index in [1.807, 2.05) is 0 Å². The molecule has 0 bridgehead atoms. The molecule has 0 saturated carbocycles. The van der Waals surface area contributed by atoms with Gasteiger partial charge in [-0.3, -0.25) is 4.79 Å². The number of amides is 1. The van der Waals surface area contributed by atoms with Crippen LogP contribution in [0.3, 0.4) is 0 Å².